The van der Waals surface area contributed by atoms with Crippen LogP contribution >= 0.6 is 0 Å². The molecule has 0 atom stereocenters. The van der Waals surface area contributed by atoms with Gasteiger partial charge in [0.25, 0.3) is 0 Å². The number of furan rings is 1. The van der Waals surface area contributed by atoms with E-state index in [1.165, 1.54) is 81.9 Å². The van der Waals surface area contributed by atoms with Crippen molar-refractivity contribution < 1.29 is 4.42 Å². The molecule has 0 N–H and O–H groups in total. The van der Waals surface area contributed by atoms with Gasteiger partial charge in [0.1, 0.15) is 11.2 Å². The maximum absolute atomic E-state index is 6.27. The molecule has 0 saturated carbocycles. The highest BCUT2D eigenvalue weighted by Gasteiger charge is 2.17. The molecule has 0 amide bonds. The van der Waals surface area contributed by atoms with Crippen LogP contribution in [0.5, 0.6) is 0 Å². The summed E-state index contributed by atoms with van der Waals surface area (Å²) >= 11 is 0. The molecule has 0 aliphatic rings. The van der Waals surface area contributed by atoms with Crippen molar-refractivity contribution in [1.29, 1.82) is 0 Å². The highest BCUT2D eigenvalue weighted by Crippen LogP contribution is 2.44. The predicted molar refractivity (Wildman–Crippen MR) is 200 cm³/mol. The summed E-state index contributed by atoms with van der Waals surface area (Å²) in [5.41, 5.74) is 9.23. The third-order valence-corrected chi connectivity index (χ3v) is 9.84. The second kappa shape index (κ2) is 10.2. The van der Waals surface area contributed by atoms with E-state index in [2.05, 4.69) is 170 Å². The summed E-state index contributed by atoms with van der Waals surface area (Å²) < 4.78 is 6.27. The molecule has 1 nitrogen and oxygen atoms in total. The van der Waals surface area contributed by atoms with Gasteiger partial charge in [-0.25, -0.2) is 0 Å². The van der Waals surface area contributed by atoms with Gasteiger partial charge in [0.05, 0.1) is 0 Å². The first-order valence-electron chi connectivity index (χ1n) is 16.2. The molecular formula is C46H28O. The van der Waals surface area contributed by atoms with E-state index in [1.807, 2.05) is 0 Å². The zero-order chi connectivity index (χ0) is 30.9. The van der Waals surface area contributed by atoms with Crippen molar-refractivity contribution in [3.8, 4) is 33.4 Å². The minimum absolute atomic E-state index is 0.918. The first kappa shape index (κ1) is 26.1. The Balaban J connectivity index is 1.14. The SMILES string of the molecule is c1ccc2cc(-c3c4ccccc4c(-c4ccc(-c5ccc6oc7ccc8ccccc8c7c6c5)cc4)c4ccccc34)ccc2c1. The maximum Gasteiger partial charge on any atom is 0.136 e. The summed E-state index contributed by atoms with van der Waals surface area (Å²) in [6, 6.07) is 61.6. The van der Waals surface area contributed by atoms with Gasteiger partial charge in [-0.1, -0.05) is 146 Å². The van der Waals surface area contributed by atoms with Crippen LogP contribution in [0.3, 0.4) is 0 Å². The standard InChI is InChI=1S/C46H28O/c1-2-11-33-27-35(22-19-29(33)9-1)45-39-15-7-5-13-37(39)44(38-14-6-8-16-40(38)45)32-20-17-30(18-21-32)34-24-25-42-41(28-34)46-36-12-4-3-10-31(36)23-26-43(46)47-42/h1-28H. The van der Waals surface area contributed by atoms with Crippen molar-refractivity contribution in [2.45, 2.75) is 0 Å². The fraction of sp³-hybridized carbons (Fsp3) is 0. The molecule has 9 aromatic carbocycles. The summed E-state index contributed by atoms with van der Waals surface area (Å²) in [5, 5.41) is 12.4. The largest absolute Gasteiger partial charge is 0.456 e. The van der Waals surface area contributed by atoms with Crippen LogP contribution in [0, 0.1) is 0 Å². The minimum Gasteiger partial charge on any atom is -0.456 e. The van der Waals surface area contributed by atoms with Crippen molar-refractivity contribution in [3.05, 3.63) is 170 Å². The smallest absolute Gasteiger partial charge is 0.136 e. The van der Waals surface area contributed by atoms with Crippen LogP contribution in [0.15, 0.2) is 174 Å². The summed E-state index contributed by atoms with van der Waals surface area (Å²) in [6.07, 6.45) is 0. The zero-order valence-electron chi connectivity index (χ0n) is 25.6. The molecule has 0 bridgehead atoms. The van der Waals surface area contributed by atoms with Crippen LogP contribution in [0.1, 0.15) is 0 Å². The normalized spacial score (nSPS) is 11.8. The van der Waals surface area contributed by atoms with Crippen LogP contribution in [-0.4, -0.2) is 0 Å². The number of hydrogen-bond acceptors (Lipinski definition) is 1. The van der Waals surface area contributed by atoms with Crippen LogP contribution in [-0.2, 0) is 0 Å². The fourth-order valence-electron chi connectivity index (χ4n) is 7.65. The van der Waals surface area contributed by atoms with Gasteiger partial charge in [-0.2, -0.15) is 0 Å². The molecule has 10 rings (SSSR count). The maximum atomic E-state index is 6.27. The lowest BCUT2D eigenvalue weighted by Gasteiger charge is -2.18. The third kappa shape index (κ3) is 4.03. The number of fused-ring (bicyclic) bond motifs is 8. The van der Waals surface area contributed by atoms with Gasteiger partial charge < -0.3 is 4.42 Å². The molecule has 0 unspecified atom stereocenters. The van der Waals surface area contributed by atoms with E-state index in [4.69, 9.17) is 4.42 Å². The van der Waals surface area contributed by atoms with Crippen molar-refractivity contribution in [2.24, 2.45) is 0 Å². The first-order valence-corrected chi connectivity index (χ1v) is 16.2. The van der Waals surface area contributed by atoms with Gasteiger partial charge in [-0.05, 0) is 101 Å². The molecule has 0 saturated heterocycles. The monoisotopic (exact) mass is 596 g/mol. The van der Waals surface area contributed by atoms with Crippen LogP contribution in [0.2, 0.25) is 0 Å². The molecule has 0 aliphatic carbocycles. The lowest BCUT2D eigenvalue weighted by atomic mass is 9.85. The predicted octanol–water partition coefficient (Wildman–Crippen LogP) is 13.2. The summed E-state index contributed by atoms with van der Waals surface area (Å²) in [4.78, 5) is 0. The van der Waals surface area contributed by atoms with Crippen molar-refractivity contribution >= 4 is 65.0 Å². The van der Waals surface area contributed by atoms with Gasteiger partial charge in [0.15, 0.2) is 0 Å². The molecular weight excluding hydrogens is 569 g/mol. The molecule has 0 radical (unpaired) electrons. The highest BCUT2D eigenvalue weighted by atomic mass is 16.3. The van der Waals surface area contributed by atoms with Gasteiger partial charge >= 0.3 is 0 Å². The van der Waals surface area contributed by atoms with Crippen molar-refractivity contribution in [3.63, 3.8) is 0 Å². The summed E-state index contributed by atoms with van der Waals surface area (Å²) in [7, 11) is 0. The van der Waals surface area contributed by atoms with E-state index in [9.17, 15) is 0 Å². The van der Waals surface area contributed by atoms with E-state index in [0.717, 1.165) is 16.6 Å². The quantitative estimate of drug-likeness (QED) is 0.185. The Hall–Kier alpha value is -6.18. The molecule has 0 aliphatic heterocycles. The highest BCUT2D eigenvalue weighted by molar-refractivity contribution is 6.22. The average Bonchev–Trinajstić information content (AvgIpc) is 3.52. The Morgan fingerprint density at radius 3 is 1.47 bits per heavy atom. The second-order valence-corrected chi connectivity index (χ2v) is 12.5. The van der Waals surface area contributed by atoms with Crippen LogP contribution < -0.4 is 0 Å². The lowest BCUT2D eigenvalue weighted by Crippen LogP contribution is -1.91. The number of rotatable bonds is 3. The number of hydrogen-bond donors (Lipinski definition) is 0. The van der Waals surface area contributed by atoms with E-state index >= 15 is 0 Å². The summed E-state index contributed by atoms with van der Waals surface area (Å²) in [6.45, 7) is 0. The molecule has 218 valence electrons. The molecule has 47 heavy (non-hydrogen) atoms. The van der Waals surface area contributed by atoms with E-state index < -0.39 is 0 Å². The van der Waals surface area contributed by atoms with Gasteiger partial charge in [-0.15, -0.1) is 0 Å². The molecule has 10 aromatic rings. The molecule has 0 fully saturated rings. The van der Waals surface area contributed by atoms with E-state index in [1.54, 1.807) is 0 Å². The third-order valence-electron chi connectivity index (χ3n) is 9.84. The number of benzene rings is 9. The van der Waals surface area contributed by atoms with Crippen LogP contribution in [0.25, 0.3) is 98.4 Å². The Bertz CT molecular complexity index is 2780. The van der Waals surface area contributed by atoms with E-state index in [0.29, 0.717) is 0 Å². The Labute approximate surface area is 271 Å². The van der Waals surface area contributed by atoms with E-state index in [-0.39, 0.29) is 0 Å². The van der Waals surface area contributed by atoms with Gasteiger partial charge in [0, 0.05) is 10.8 Å². The fourth-order valence-corrected chi connectivity index (χ4v) is 7.65. The van der Waals surface area contributed by atoms with Crippen molar-refractivity contribution in [2.75, 3.05) is 0 Å². The zero-order valence-corrected chi connectivity index (χ0v) is 25.6. The molecule has 1 aromatic heterocycles. The van der Waals surface area contributed by atoms with Crippen LogP contribution in [0.4, 0.5) is 0 Å². The topological polar surface area (TPSA) is 13.1 Å². The molecule has 1 heterocycles. The Morgan fingerprint density at radius 1 is 0.277 bits per heavy atom. The minimum atomic E-state index is 0.918. The Kier molecular flexibility index (Phi) is 5.64. The Morgan fingerprint density at radius 2 is 0.766 bits per heavy atom. The van der Waals surface area contributed by atoms with Gasteiger partial charge in [0.2, 0.25) is 0 Å². The lowest BCUT2D eigenvalue weighted by molar-refractivity contribution is 0.669. The second-order valence-electron chi connectivity index (χ2n) is 12.5. The molecule has 0 spiro atoms. The molecule has 1 heteroatoms. The summed E-state index contributed by atoms with van der Waals surface area (Å²) in [5.74, 6) is 0. The first-order chi connectivity index (χ1) is 23.3. The van der Waals surface area contributed by atoms with Crippen molar-refractivity contribution in [1.82, 2.24) is 0 Å². The van der Waals surface area contributed by atoms with Gasteiger partial charge in [-0.3, -0.25) is 0 Å². The average molecular weight is 597 g/mol.